The highest BCUT2D eigenvalue weighted by Gasteiger charge is 2.38. The number of aldehydes is 1. The van der Waals surface area contributed by atoms with Crippen LogP contribution in [0.25, 0.3) is 0 Å². The highest BCUT2D eigenvalue weighted by atomic mass is 32.1. The summed E-state index contributed by atoms with van der Waals surface area (Å²) < 4.78 is 5.33. The van der Waals surface area contributed by atoms with E-state index in [1.54, 1.807) is 34.7 Å². The summed E-state index contributed by atoms with van der Waals surface area (Å²) in [7, 11) is 1.55. The second kappa shape index (κ2) is 6.13. The zero-order valence-corrected chi connectivity index (χ0v) is 14.6. The van der Waals surface area contributed by atoms with Gasteiger partial charge in [0.1, 0.15) is 11.1 Å². The molecular weight excluding hydrogens is 288 g/mol. The molecule has 0 aliphatic carbocycles. The number of hydrogen-bond donors (Lipinski definition) is 0. The summed E-state index contributed by atoms with van der Waals surface area (Å²) >= 11 is 1.49. The van der Waals surface area contributed by atoms with Crippen LogP contribution in [0.5, 0.6) is 0 Å². The second-order valence-corrected chi connectivity index (χ2v) is 7.42. The van der Waals surface area contributed by atoms with Crippen LogP contribution in [-0.4, -0.2) is 34.9 Å². The predicted octanol–water partition coefficient (Wildman–Crippen LogP) is 3.55. The van der Waals surface area contributed by atoms with Gasteiger partial charge in [0, 0.05) is 18.3 Å². The molecule has 6 heteroatoms. The van der Waals surface area contributed by atoms with Crippen molar-refractivity contribution in [2.24, 2.45) is 0 Å². The smallest absolute Gasteiger partial charge is 0.411 e. The number of aromatic nitrogens is 1. The van der Waals surface area contributed by atoms with Crippen LogP contribution in [0.15, 0.2) is 5.38 Å². The molecule has 1 amide bonds. The lowest BCUT2D eigenvalue weighted by molar-refractivity contribution is -0.117. The van der Waals surface area contributed by atoms with E-state index in [-0.39, 0.29) is 5.92 Å². The Hall–Kier alpha value is -1.43. The van der Waals surface area contributed by atoms with Crippen LogP contribution in [0, 0.1) is 0 Å². The van der Waals surface area contributed by atoms with Crippen LogP contribution in [-0.2, 0) is 15.1 Å². The molecule has 0 fully saturated rings. The van der Waals surface area contributed by atoms with Crippen molar-refractivity contribution in [3.8, 4) is 0 Å². The molecule has 0 bridgehead atoms. The fourth-order valence-electron chi connectivity index (χ4n) is 1.62. The first-order valence-electron chi connectivity index (χ1n) is 6.90. The van der Waals surface area contributed by atoms with Crippen molar-refractivity contribution < 1.29 is 14.3 Å². The van der Waals surface area contributed by atoms with E-state index >= 15 is 0 Å². The molecule has 0 aliphatic heterocycles. The van der Waals surface area contributed by atoms with Crippen molar-refractivity contribution in [3.05, 3.63) is 16.1 Å². The van der Waals surface area contributed by atoms with Gasteiger partial charge in [-0.3, -0.25) is 4.90 Å². The Kier molecular flexibility index (Phi) is 5.15. The third kappa shape index (κ3) is 4.03. The molecule has 118 valence electrons. The van der Waals surface area contributed by atoms with Crippen molar-refractivity contribution in [1.29, 1.82) is 0 Å². The summed E-state index contributed by atoms with van der Waals surface area (Å²) in [6, 6.07) is 0. The molecule has 1 heterocycles. The molecule has 0 aromatic carbocycles. The monoisotopic (exact) mass is 312 g/mol. The lowest BCUT2D eigenvalue weighted by atomic mass is 9.99. The van der Waals surface area contributed by atoms with Gasteiger partial charge in [-0.2, -0.15) is 0 Å². The van der Waals surface area contributed by atoms with Crippen molar-refractivity contribution in [3.63, 3.8) is 0 Å². The number of amides is 1. The largest absolute Gasteiger partial charge is 0.444 e. The quantitative estimate of drug-likeness (QED) is 0.798. The zero-order valence-electron chi connectivity index (χ0n) is 13.8. The van der Waals surface area contributed by atoms with Gasteiger partial charge >= 0.3 is 6.09 Å². The Morgan fingerprint density at radius 2 is 1.95 bits per heavy atom. The number of nitrogens with zero attached hydrogens (tertiary/aromatic N) is 2. The predicted molar refractivity (Wildman–Crippen MR) is 83.6 cm³/mol. The van der Waals surface area contributed by atoms with E-state index in [4.69, 9.17) is 4.74 Å². The molecule has 0 saturated heterocycles. The number of likely N-dealkylation sites (N-methyl/N-ethyl adjacent to an activating group) is 1. The van der Waals surface area contributed by atoms with Gasteiger partial charge in [-0.05, 0) is 27.7 Å². The highest BCUT2D eigenvalue weighted by molar-refractivity contribution is 7.09. The number of hydrogen-bond acceptors (Lipinski definition) is 5. The lowest BCUT2D eigenvalue weighted by Crippen LogP contribution is -2.48. The first kappa shape index (κ1) is 17.6. The van der Waals surface area contributed by atoms with Crippen LogP contribution in [0.3, 0.4) is 0 Å². The van der Waals surface area contributed by atoms with Gasteiger partial charge in [0.15, 0.2) is 6.29 Å². The Morgan fingerprint density at radius 3 is 2.33 bits per heavy atom. The van der Waals surface area contributed by atoms with Gasteiger partial charge in [0.05, 0.1) is 10.7 Å². The van der Waals surface area contributed by atoms with E-state index in [0.29, 0.717) is 5.69 Å². The Bertz CT molecular complexity index is 519. The lowest BCUT2D eigenvalue weighted by Gasteiger charge is -2.34. The van der Waals surface area contributed by atoms with Gasteiger partial charge in [-0.15, -0.1) is 11.3 Å². The van der Waals surface area contributed by atoms with Gasteiger partial charge < -0.3 is 9.53 Å². The molecule has 1 aromatic heterocycles. The normalized spacial score (nSPS) is 14.7. The molecule has 0 aliphatic rings. The third-order valence-electron chi connectivity index (χ3n) is 3.13. The molecular formula is C15H24N2O3S. The molecule has 1 atom stereocenters. The maximum atomic E-state index is 12.2. The van der Waals surface area contributed by atoms with Gasteiger partial charge in [0.2, 0.25) is 0 Å². The molecule has 1 aromatic rings. The number of thiazole rings is 1. The third-order valence-corrected chi connectivity index (χ3v) is 4.27. The topological polar surface area (TPSA) is 59.5 Å². The minimum atomic E-state index is -1.13. The average Bonchev–Trinajstić information content (AvgIpc) is 2.85. The van der Waals surface area contributed by atoms with E-state index in [9.17, 15) is 9.59 Å². The van der Waals surface area contributed by atoms with Crippen molar-refractivity contribution in [1.82, 2.24) is 9.88 Å². The molecule has 0 radical (unpaired) electrons. The first-order valence-corrected chi connectivity index (χ1v) is 7.78. The molecule has 0 saturated carbocycles. The summed E-state index contributed by atoms with van der Waals surface area (Å²) in [5.74, 6) is 0.284. The number of ether oxygens (including phenoxy) is 1. The summed E-state index contributed by atoms with van der Waals surface area (Å²) in [6.07, 6.45) is 0.187. The van der Waals surface area contributed by atoms with E-state index in [0.717, 1.165) is 11.3 Å². The summed E-state index contributed by atoms with van der Waals surface area (Å²) in [5, 5.41) is 2.76. The fraction of sp³-hybridized carbons (Fsp3) is 0.667. The van der Waals surface area contributed by atoms with E-state index in [1.165, 1.54) is 16.2 Å². The molecule has 21 heavy (non-hydrogen) atoms. The molecule has 1 unspecified atom stereocenters. The highest BCUT2D eigenvalue weighted by Crippen LogP contribution is 2.30. The van der Waals surface area contributed by atoms with Crippen molar-refractivity contribution >= 4 is 23.7 Å². The Balaban J connectivity index is 3.07. The fourth-order valence-corrected chi connectivity index (χ4v) is 2.56. The minimum Gasteiger partial charge on any atom is -0.444 e. The van der Waals surface area contributed by atoms with Gasteiger partial charge in [-0.25, -0.2) is 9.78 Å². The standard InChI is InChI=1S/C15H24N2O3S/c1-10(2)12-16-11(8-21-12)15(6,9-18)17(7)13(19)20-14(3,4)5/h8-10H,1-7H3. The number of carbonyl (C=O) groups excluding carboxylic acids is 2. The Morgan fingerprint density at radius 1 is 1.38 bits per heavy atom. The maximum Gasteiger partial charge on any atom is 0.411 e. The maximum absolute atomic E-state index is 12.2. The van der Waals surface area contributed by atoms with Crippen LogP contribution in [0.2, 0.25) is 0 Å². The van der Waals surface area contributed by atoms with E-state index in [1.807, 2.05) is 19.2 Å². The minimum absolute atomic E-state index is 0.284. The van der Waals surface area contributed by atoms with Crippen LogP contribution < -0.4 is 0 Å². The number of carbonyl (C=O) groups is 2. The molecule has 1 rings (SSSR count). The molecule has 5 nitrogen and oxygen atoms in total. The molecule has 0 N–H and O–H groups in total. The van der Waals surface area contributed by atoms with Crippen molar-refractivity contribution in [2.75, 3.05) is 7.05 Å². The summed E-state index contributed by atoms with van der Waals surface area (Å²) in [4.78, 5) is 29.6. The number of rotatable bonds is 4. The molecule has 0 spiro atoms. The van der Waals surface area contributed by atoms with Crippen LogP contribution in [0.4, 0.5) is 4.79 Å². The average molecular weight is 312 g/mol. The van der Waals surface area contributed by atoms with Gasteiger partial charge in [0.25, 0.3) is 0 Å². The summed E-state index contributed by atoms with van der Waals surface area (Å²) in [6.45, 7) is 11.1. The second-order valence-electron chi connectivity index (χ2n) is 6.53. The van der Waals surface area contributed by atoms with Crippen LogP contribution >= 0.6 is 11.3 Å². The van der Waals surface area contributed by atoms with E-state index in [2.05, 4.69) is 4.98 Å². The van der Waals surface area contributed by atoms with E-state index < -0.39 is 17.2 Å². The Labute approximate surface area is 130 Å². The SMILES string of the molecule is CC(C)c1nc(C(C)(C=O)N(C)C(=O)OC(C)(C)C)cs1. The first-order chi connectivity index (χ1) is 9.51. The zero-order chi connectivity index (χ0) is 16.4. The van der Waals surface area contributed by atoms with Crippen LogP contribution in [0.1, 0.15) is 58.2 Å². The summed E-state index contributed by atoms with van der Waals surface area (Å²) in [5.41, 5.74) is -1.17. The van der Waals surface area contributed by atoms with Gasteiger partial charge in [-0.1, -0.05) is 13.8 Å². The van der Waals surface area contributed by atoms with Crippen molar-refractivity contribution in [2.45, 2.75) is 58.6 Å².